The fraction of sp³-hybridized carbons (Fsp3) is 0.533. The van der Waals surface area contributed by atoms with Crippen molar-refractivity contribution in [2.75, 3.05) is 13.7 Å². The number of rotatable bonds is 7. The summed E-state index contributed by atoms with van der Waals surface area (Å²) in [6.07, 6.45) is 3.98. The van der Waals surface area contributed by atoms with Crippen LogP contribution in [0.15, 0.2) is 16.6 Å². The Bertz CT molecular complexity index is 455. The van der Waals surface area contributed by atoms with Gasteiger partial charge in [-0.1, -0.05) is 6.92 Å². The lowest BCUT2D eigenvalue weighted by atomic mass is 9.98. The van der Waals surface area contributed by atoms with Crippen LogP contribution in [0, 0.1) is 5.92 Å². The SMILES string of the molecule is COc1c(Br)cc(C(C)CC=O)cc1OCC1CC1. The Kier molecular flexibility index (Phi) is 4.86. The van der Waals surface area contributed by atoms with E-state index >= 15 is 0 Å². The van der Waals surface area contributed by atoms with Crippen LogP contribution in [0.4, 0.5) is 0 Å². The van der Waals surface area contributed by atoms with Crippen LogP contribution in [-0.4, -0.2) is 20.0 Å². The fourth-order valence-electron chi connectivity index (χ4n) is 1.95. The quantitative estimate of drug-likeness (QED) is 0.712. The topological polar surface area (TPSA) is 35.5 Å². The van der Waals surface area contributed by atoms with E-state index in [0.717, 1.165) is 34.4 Å². The van der Waals surface area contributed by atoms with Crippen molar-refractivity contribution in [1.29, 1.82) is 0 Å². The third kappa shape index (κ3) is 3.72. The van der Waals surface area contributed by atoms with E-state index in [2.05, 4.69) is 15.9 Å². The van der Waals surface area contributed by atoms with Gasteiger partial charge in [0, 0.05) is 6.42 Å². The molecule has 1 fully saturated rings. The Balaban J connectivity index is 2.22. The van der Waals surface area contributed by atoms with Crippen molar-refractivity contribution in [2.45, 2.75) is 32.1 Å². The van der Waals surface area contributed by atoms with Gasteiger partial charge in [-0.25, -0.2) is 0 Å². The second-order valence-electron chi connectivity index (χ2n) is 5.09. The number of hydrogen-bond acceptors (Lipinski definition) is 3. The smallest absolute Gasteiger partial charge is 0.174 e. The van der Waals surface area contributed by atoms with Gasteiger partial charge in [-0.05, 0) is 58.3 Å². The second-order valence-corrected chi connectivity index (χ2v) is 5.95. The normalized spacial score (nSPS) is 15.9. The van der Waals surface area contributed by atoms with Crippen LogP contribution in [0.3, 0.4) is 0 Å². The summed E-state index contributed by atoms with van der Waals surface area (Å²) < 4.78 is 12.1. The molecule has 1 unspecified atom stereocenters. The molecule has 104 valence electrons. The summed E-state index contributed by atoms with van der Waals surface area (Å²) in [5.74, 6) is 2.36. The lowest BCUT2D eigenvalue weighted by molar-refractivity contribution is -0.108. The highest BCUT2D eigenvalue weighted by Crippen LogP contribution is 2.40. The molecule has 1 aromatic rings. The highest BCUT2D eigenvalue weighted by atomic mass is 79.9. The molecule has 1 aliphatic rings. The van der Waals surface area contributed by atoms with E-state index in [1.54, 1.807) is 7.11 Å². The highest BCUT2D eigenvalue weighted by molar-refractivity contribution is 9.10. The lowest BCUT2D eigenvalue weighted by Crippen LogP contribution is -2.03. The van der Waals surface area contributed by atoms with E-state index in [4.69, 9.17) is 9.47 Å². The molecule has 0 aliphatic heterocycles. The molecule has 0 saturated heterocycles. The van der Waals surface area contributed by atoms with Crippen LogP contribution in [0.2, 0.25) is 0 Å². The monoisotopic (exact) mass is 326 g/mol. The molecule has 1 aromatic carbocycles. The fourth-order valence-corrected chi connectivity index (χ4v) is 2.57. The minimum absolute atomic E-state index is 0.183. The zero-order valence-electron chi connectivity index (χ0n) is 11.3. The predicted octanol–water partition coefficient (Wildman–Crippen LogP) is 3.94. The number of hydrogen-bond donors (Lipinski definition) is 0. The van der Waals surface area contributed by atoms with Crippen LogP contribution in [-0.2, 0) is 4.79 Å². The van der Waals surface area contributed by atoms with Crippen LogP contribution in [0.1, 0.15) is 37.7 Å². The summed E-state index contributed by atoms with van der Waals surface area (Å²) in [7, 11) is 1.64. The number of aldehydes is 1. The number of methoxy groups -OCH3 is 1. The molecule has 0 bridgehead atoms. The van der Waals surface area contributed by atoms with Gasteiger partial charge in [0.15, 0.2) is 11.5 Å². The van der Waals surface area contributed by atoms with Gasteiger partial charge in [-0.3, -0.25) is 0 Å². The van der Waals surface area contributed by atoms with E-state index in [-0.39, 0.29) is 5.92 Å². The Morgan fingerprint density at radius 3 is 2.79 bits per heavy atom. The van der Waals surface area contributed by atoms with Crippen molar-refractivity contribution in [3.8, 4) is 11.5 Å². The van der Waals surface area contributed by atoms with Gasteiger partial charge in [0.25, 0.3) is 0 Å². The summed E-state index contributed by atoms with van der Waals surface area (Å²) >= 11 is 3.51. The average Bonchev–Trinajstić information content (AvgIpc) is 3.20. The number of halogens is 1. The summed E-state index contributed by atoms with van der Waals surface area (Å²) in [5.41, 5.74) is 1.09. The van der Waals surface area contributed by atoms with Gasteiger partial charge in [-0.15, -0.1) is 0 Å². The van der Waals surface area contributed by atoms with Gasteiger partial charge < -0.3 is 14.3 Å². The molecule has 0 amide bonds. The molecule has 1 atom stereocenters. The van der Waals surface area contributed by atoms with E-state index in [1.807, 2.05) is 19.1 Å². The molecule has 4 heteroatoms. The molecule has 0 radical (unpaired) electrons. The minimum Gasteiger partial charge on any atom is -0.492 e. The maximum atomic E-state index is 10.6. The van der Waals surface area contributed by atoms with E-state index in [1.165, 1.54) is 12.8 Å². The van der Waals surface area contributed by atoms with Gasteiger partial charge >= 0.3 is 0 Å². The third-order valence-corrected chi connectivity index (χ3v) is 4.02. The molecule has 0 heterocycles. The Hall–Kier alpha value is -1.03. The summed E-state index contributed by atoms with van der Waals surface area (Å²) in [4.78, 5) is 10.6. The molecule has 0 spiro atoms. The largest absolute Gasteiger partial charge is 0.492 e. The van der Waals surface area contributed by atoms with Crippen molar-refractivity contribution < 1.29 is 14.3 Å². The predicted molar refractivity (Wildman–Crippen MR) is 78.0 cm³/mol. The van der Waals surface area contributed by atoms with E-state index < -0.39 is 0 Å². The van der Waals surface area contributed by atoms with Crippen LogP contribution in [0.25, 0.3) is 0 Å². The lowest BCUT2D eigenvalue weighted by Gasteiger charge is -2.16. The van der Waals surface area contributed by atoms with Crippen LogP contribution < -0.4 is 9.47 Å². The molecule has 19 heavy (non-hydrogen) atoms. The third-order valence-electron chi connectivity index (χ3n) is 3.43. The zero-order valence-corrected chi connectivity index (χ0v) is 12.9. The van der Waals surface area contributed by atoms with E-state index in [0.29, 0.717) is 12.3 Å². The zero-order chi connectivity index (χ0) is 13.8. The van der Waals surface area contributed by atoms with Crippen molar-refractivity contribution >= 4 is 22.2 Å². The van der Waals surface area contributed by atoms with Crippen molar-refractivity contribution in [3.63, 3.8) is 0 Å². The maximum Gasteiger partial charge on any atom is 0.174 e. The minimum atomic E-state index is 0.183. The molecule has 3 nitrogen and oxygen atoms in total. The summed E-state index contributed by atoms with van der Waals surface area (Å²) in [6.45, 7) is 2.78. The maximum absolute atomic E-state index is 10.6. The molecule has 0 aromatic heterocycles. The van der Waals surface area contributed by atoms with Gasteiger partial charge in [0.05, 0.1) is 18.2 Å². The number of carbonyl (C=O) groups is 1. The Morgan fingerprint density at radius 2 is 2.21 bits per heavy atom. The molecular weight excluding hydrogens is 308 g/mol. The first kappa shape index (κ1) is 14.4. The van der Waals surface area contributed by atoms with Gasteiger partial charge in [0.1, 0.15) is 6.29 Å². The standard InChI is InChI=1S/C15H19BrO3/c1-10(5-6-17)12-7-13(16)15(18-2)14(8-12)19-9-11-3-4-11/h6-8,10-11H,3-5,9H2,1-2H3. The number of carbonyl (C=O) groups excluding carboxylic acids is 1. The van der Waals surface area contributed by atoms with Crippen molar-refractivity contribution in [1.82, 2.24) is 0 Å². The molecule has 1 saturated carbocycles. The summed E-state index contributed by atoms with van der Waals surface area (Å²) in [5, 5.41) is 0. The van der Waals surface area contributed by atoms with Crippen molar-refractivity contribution in [3.05, 3.63) is 22.2 Å². The second kappa shape index (κ2) is 6.42. The van der Waals surface area contributed by atoms with Crippen molar-refractivity contribution in [2.24, 2.45) is 5.92 Å². The molecule has 2 rings (SSSR count). The first-order valence-corrected chi connectivity index (χ1v) is 7.38. The number of ether oxygens (including phenoxy) is 2. The Labute approximate surface area is 122 Å². The van der Waals surface area contributed by atoms with E-state index in [9.17, 15) is 4.79 Å². The average molecular weight is 327 g/mol. The van der Waals surface area contributed by atoms with Crippen LogP contribution >= 0.6 is 15.9 Å². The Morgan fingerprint density at radius 1 is 1.47 bits per heavy atom. The van der Waals surface area contributed by atoms with Crippen LogP contribution in [0.5, 0.6) is 11.5 Å². The highest BCUT2D eigenvalue weighted by Gasteiger charge is 2.23. The summed E-state index contributed by atoms with van der Waals surface area (Å²) in [6, 6.07) is 3.98. The van der Waals surface area contributed by atoms with Gasteiger partial charge in [-0.2, -0.15) is 0 Å². The molecular formula is C15H19BrO3. The first-order valence-electron chi connectivity index (χ1n) is 6.59. The number of benzene rings is 1. The molecule has 1 aliphatic carbocycles. The first-order chi connectivity index (χ1) is 9.15. The van der Waals surface area contributed by atoms with Gasteiger partial charge in [0.2, 0.25) is 0 Å². The molecule has 0 N–H and O–H groups in total.